The molecular formula is C21H23FN2O2S. The largest absolute Gasteiger partial charge is 0.468 e. The number of likely N-dealkylation sites (N-methyl/N-ethyl adjacent to an activating group) is 1. The van der Waals surface area contributed by atoms with Crippen molar-refractivity contribution in [1.82, 2.24) is 10.2 Å². The molecule has 2 unspecified atom stereocenters. The second kappa shape index (κ2) is 8.97. The van der Waals surface area contributed by atoms with Crippen molar-refractivity contribution < 1.29 is 13.6 Å². The fourth-order valence-corrected chi connectivity index (χ4v) is 3.78. The second-order valence-electron chi connectivity index (χ2n) is 6.63. The van der Waals surface area contributed by atoms with Gasteiger partial charge in [-0.25, -0.2) is 4.39 Å². The summed E-state index contributed by atoms with van der Waals surface area (Å²) in [6.07, 6.45) is 2.22. The molecule has 0 saturated heterocycles. The van der Waals surface area contributed by atoms with E-state index in [1.54, 1.807) is 29.7 Å². The number of furan rings is 1. The highest BCUT2D eigenvalue weighted by atomic mass is 32.1. The Kier molecular flexibility index (Phi) is 6.42. The number of nitrogens with zero attached hydrogens (tertiary/aromatic N) is 1. The van der Waals surface area contributed by atoms with Crippen molar-refractivity contribution in [3.63, 3.8) is 0 Å². The maximum absolute atomic E-state index is 13.3. The number of thiophene rings is 1. The van der Waals surface area contributed by atoms with Gasteiger partial charge in [-0.2, -0.15) is 0 Å². The Morgan fingerprint density at radius 1 is 1.19 bits per heavy atom. The number of carbonyl (C=O) groups is 1. The minimum absolute atomic E-state index is 0.0560. The van der Waals surface area contributed by atoms with Gasteiger partial charge in [0.05, 0.1) is 18.2 Å². The molecule has 6 heteroatoms. The number of hydrogen-bond donors (Lipinski definition) is 1. The molecule has 1 amide bonds. The summed E-state index contributed by atoms with van der Waals surface area (Å²) in [5.41, 5.74) is 0.807. The fraction of sp³-hybridized carbons (Fsp3) is 0.286. The zero-order valence-electron chi connectivity index (χ0n) is 15.4. The van der Waals surface area contributed by atoms with Gasteiger partial charge in [0.1, 0.15) is 11.6 Å². The molecule has 2 atom stereocenters. The number of rotatable bonds is 8. The van der Waals surface area contributed by atoms with E-state index < -0.39 is 0 Å². The van der Waals surface area contributed by atoms with E-state index >= 15 is 0 Å². The van der Waals surface area contributed by atoms with Crippen molar-refractivity contribution in [2.24, 2.45) is 0 Å². The van der Waals surface area contributed by atoms with Crippen molar-refractivity contribution in [3.8, 4) is 0 Å². The molecule has 4 nitrogen and oxygen atoms in total. The highest BCUT2D eigenvalue weighted by Crippen LogP contribution is 2.25. The smallest absolute Gasteiger partial charge is 0.227 e. The van der Waals surface area contributed by atoms with Crippen molar-refractivity contribution >= 4 is 17.2 Å². The van der Waals surface area contributed by atoms with Crippen LogP contribution in [0.25, 0.3) is 0 Å². The monoisotopic (exact) mass is 386 g/mol. The van der Waals surface area contributed by atoms with Crippen LogP contribution in [0, 0.1) is 5.82 Å². The molecule has 0 bridgehead atoms. The lowest BCUT2D eigenvalue weighted by atomic mass is 9.94. The third kappa shape index (κ3) is 5.05. The van der Waals surface area contributed by atoms with E-state index in [0.717, 1.165) is 16.2 Å². The molecular weight excluding hydrogens is 363 g/mol. The normalized spacial score (nSPS) is 13.5. The topological polar surface area (TPSA) is 45.5 Å². The molecule has 1 aromatic carbocycles. The lowest BCUT2D eigenvalue weighted by molar-refractivity contribution is -0.122. The van der Waals surface area contributed by atoms with Crippen molar-refractivity contribution in [1.29, 1.82) is 0 Å². The van der Waals surface area contributed by atoms with Crippen LogP contribution in [0.5, 0.6) is 0 Å². The van der Waals surface area contributed by atoms with Crippen LogP contribution in [0.15, 0.2) is 64.6 Å². The Morgan fingerprint density at radius 3 is 2.56 bits per heavy atom. The lowest BCUT2D eigenvalue weighted by Gasteiger charge is -2.24. The number of benzene rings is 1. The summed E-state index contributed by atoms with van der Waals surface area (Å²) >= 11 is 1.62. The van der Waals surface area contributed by atoms with Crippen LogP contribution >= 0.6 is 11.3 Å². The van der Waals surface area contributed by atoms with Gasteiger partial charge >= 0.3 is 0 Å². The second-order valence-corrected chi connectivity index (χ2v) is 7.66. The first-order valence-electron chi connectivity index (χ1n) is 8.80. The molecule has 0 saturated carbocycles. The molecule has 2 heterocycles. The Hall–Kier alpha value is -2.44. The summed E-state index contributed by atoms with van der Waals surface area (Å²) in [5, 5.41) is 5.04. The first-order chi connectivity index (χ1) is 13.0. The number of nitrogens with one attached hydrogen (secondary N) is 1. The van der Waals surface area contributed by atoms with Gasteiger partial charge in [0.15, 0.2) is 0 Å². The number of halogens is 1. The van der Waals surface area contributed by atoms with E-state index in [4.69, 9.17) is 4.42 Å². The van der Waals surface area contributed by atoms with Gasteiger partial charge in [0.25, 0.3) is 0 Å². The molecule has 0 radical (unpaired) electrons. The molecule has 0 aliphatic heterocycles. The van der Waals surface area contributed by atoms with Crippen molar-refractivity contribution in [2.45, 2.75) is 18.4 Å². The van der Waals surface area contributed by atoms with Crippen LogP contribution in [0.4, 0.5) is 4.39 Å². The van der Waals surface area contributed by atoms with Crippen molar-refractivity contribution in [3.05, 3.63) is 82.2 Å². The number of amides is 1. The maximum Gasteiger partial charge on any atom is 0.227 e. The van der Waals surface area contributed by atoms with E-state index in [2.05, 4.69) is 5.32 Å². The van der Waals surface area contributed by atoms with Crippen LogP contribution in [0.3, 0.4) is 0 Å². The molecule has 3 aromatic rings. The molecule has 0 aliphatic carbocycles. The van der Waals surface area contributed by atoms with Crippen LogP contribution < -0.4 is 5.32 Å². The van der Waals surface area contributed by atoms with Gasteiger partial charge in [-0.05, 0) is 61.8 Å². The van der Waals surface area contributed by atoms with Gasteiger partial charge < -0.3 is 9.73 Å². The predicted molar refractivity (Wildman–Crippen MR) is 105 cm³/mol. The summed E-state index contributed by atoms with van der Waals surface area (Å²) in [6.45, 7) is 0.432. The third-order valence-corrected chi connectivity index (χ3v) is 5.44. The quantitative estimate of drug-likeness (QED) is 0.630. The predicted octanol–water partition coefficient (Wildman–Crippen LogP) is 4.23. The maximum atomic E-state index is 13.3. The summed E-state index contributed by atoms with van der Waals surface area (Å²) in [5.74, 6) is 0.0495. The Balaban J connectivity index is 1.75. The first-order valence-corrected chi connectivity index (χ1v) is 9.68. The highest BCUT2D eigenvalue weighted by Gasteiger charge is 2.24. The molecule has 3 rings (SSSR count). The summed E-state index contributed by atoms with van der Waals surface area (Å²) < 4.78 is 18.8. The standard InChI is InChI=1S/C21H23FN2O2S/c1-24(2)19(20-6-3-11-26-20)14-23-21(25)18(13-17-5-4-12-27-17)15-7-9-16(22)10-8-15/h3-12,18-19H,13-14H2,1-2H3,(H,23,25). The first kappa shape index (κ1) is 19.3. The average Bonchev–Trinajstić information content (AvgIpc) is 3.34. The zero-order valence-corrected chi connectivity index (χ0v) is 16.2. The molecule has 0 aliphatic rings. The summed E-state index contributed by atoms with van der Waals surface area (Å²) in [7, 11) is 3.89. The van der Waals surface area contributed by atoms with E-state index in [9.17, 15) is 9.18 Å². The number of hydrogen-bond acceptors (Lipinski definition) is 4. The minimum Gasteiger partial charge on any atom is -0.468 e. The summed E-state index contributed by atoms with van der Waals surface area (Å²) in [4.78, 5) is 16.1. The zero-order chi connectivity index (χ0) is 19.2. The minimum atomic E-state index is -0.372. The van der Waals surface area contributed by atoms with Gasteiger partial charge in [0, 0.05) is 11.4 Å². The third-order valence-electron chi connectivity index (χ3n) is 4.54. The van der Waals surface area contributed by atoms with E-state index in [1.165, 1.54) is 12.1 Å². The lowest BCUT2D eigenvalue weighted by Crippen LogP contribution is -2.37. The van der Waals surface area contributed by atoms with Gasteiger partial charge in [0.2, 0.25) is 5.91 Å². The molecule has 27 heavy (non-hydrogen) atoms. The Morgan fingerprint density at radius 2 is 1.96 bits per heavy atom. The molecule has 2 aromatic heterocycles. The number of carbonyl (C=O) groups excluding carboxylic acids is 1. The SMILES string of the molecule is CN(C)C(CNC(=O)C(Cc1cccs1)c1ccc(F)cc1)c1ccco1. The molecule has 0 spiro atoms. The van der Waals surface area contributed by atoms with Gasteiger partial charge in [-0.1, -0.05) is 18.2 Å². The Labute approximate surface area is 162 Å². The molecule has 1 N–H and O–H groups in total. The molecule has 142 valence electrons. The van der Waals surface area contributed by atoms with Crippen LogP contribution in [-0.2, 0) is 11.2 Å². The highest BCUT2D eigenvalue weighted by molar-refractivity contribution is 7.09. The average molecular weight is 386 g/mol. The van der Waals surface area contributed by atoms with Gasteiger partial charge in [-0.15, -0.1) is 11.3 Å². The van der Waals surface area contributed by atoms with Crippen LogP contribution in [0.2, 0.25) is 0 Å². The van der Waals surface area contributed by atoms with Gasteiger partial charge in [-0.3, -0.25) is 9.69 Å². The van der Waals surface area contributed by atoms with E-state index in [0.29, 0.717) is 13.0 Å². The van der Waals surface area contributed by atoms with Crippen molar-refractivity contribution in [2.75, 3.05) is 20.6 Å². The van der Waals surface area contributed by atoms with E-state index in [-0.39, 0.29) is 23.7 Å². The molecule has 0 fully saturated rings. The fourth-order valence-electron chi connectivity index (χ4n) is 3.03. The Bertz CT molecular complexity index is 830. The van der Waals surface area contributed by atoms with Crippen LogP contribution in [-0.4, -0.2) is 31.4 Å². The van der Waals surface area contributed by atoms with Crippen LogP contribution in [0.1, 0.15) is 28.2 Å². The van der Waals surface area contributed by atoms with E-state index in [1.807, 2.05) is 48.6 Å². The summed E-state index contributed by atoms with van der Waals surface area (Å²) in [6, 6.07) is 13.8.